The minimum atomic E-state index is -3.76. The Bertz CT molecular complexity index is 1170. The maximum atomic E-state index is 15.6. The Morgan fingerprint density at radius 2 is 1.66 bits per heavy atom. The van der Waals surface area contributed by atoms with Gasteiger partial charge in [-0.2, -0.15) is 8.78 Å². The fraction of sp³-hybridized carbons (Fsp3) is 0.385. The fourth-order valence-electron chi connectivity index (χ4n) is 5.17. The molecule has 2 N–H and O–H groups in total. The van der Waals surface area contributed by atoms with Gasteiger partial charge in [-0.1, -0.05) is 6.58 Å². The normalized spacial score (nSPS) is 21.5. The van der Waals surface area contributed by atoms with Crippen molar-refractivity contribution in [2.45, 2.75) is 63.6 Å². The molecule has 0 aromatic heterocycles. The van der Waals surface area contributed by atoms with E-state index in [0.29, 0.717) is 31.2 Å². The minimum Gasteiger partial charge on any atom is -0.364 e. The van der Waals surface area contributed by atoms with Gasteiger partial charge in [-0.3, -0.25) is 9.59 Å². The molecule has 0 spiro atoms. The maximum absolute atomic E-state index is 15.6. The van der Waals surface area contributed by atoms with Crippen LogP contribution in [0.15, 0.2) is 48.7 Å². The molecule has 2 bridgehead atoms. The number of piperidine rings is 1. The van der Waals surface area contributed by atoms with E-state index in [9.17, 15) is 18.4 Å². The van der Waals surface area contributed by atoms with Gasteiger partial charge in [0.15, 0.2) is 0 Å². The molecule has 5 nitrogen and oxygen atoms in total. The number of benzene rings is 2. The van der Waals surface area contributed by atoms with E-state index in [1.54, 1.807) is 4.90 Å². The number of aryl methyl sites for hydroxylation is 1. The summed E-state index contributed by atoms with van der Waals surface area (Å²) in [7, 11) is 0. The number of hydrogen-bond donors (Lipinski definition) is 2. The van der Waals surface area contributed by atoms with Crippen LogP contribution in [0.3, 0.4) is 0 Å². The molecule has 3 atom stereocenters. The molecule has 35 heavy (non-hydrogen) atoms. The molecular formula is C26H27F4N3O2. The molecule has 0 radical (unpaired) electrons. The molecule has 2 saturated heterocycles. The van der Waals surface area contributed by atoms with Crippen LogP contribution >= 0.6 is 0 Å². The number of halogens is 4. The van der Waals surface area contributed by atoms with Crippen LogP contribution in [-0.4, -0.2) is 34.8 Å². The van der Waals surface area contributed by atoms with Gasteiger partial charge in [0.25, 0.3) is 5.91 Å². The number of carbonyl (C=O) groups is 2. The van der Waals surface area contributed by atoms with Crippen molar-refractivity contribution in [1.29, 1.82) is 0 Å². The van der Waals surface area contributed by atoms with E-state index >= 15 is 8.78 Å². The van der Waals surface area contributed by atoms with Crippen LogP contribution in [0.4, 0.5) is 23.2 Å². The number of rotatable bonds is 6. The number of fused-ring (bicyclic) bond motifs is 2. The highest BCUT2D eigenvalue weighted by molar-refractivity contribution is 6.04. The van der Waals surface area contributed by atoms with E-state index in [1.807, 2.05) is 0 Å². The first-order valence-electron chi connectivity index (χ1n) is 11.5. The number of nitrogens with one attached hydrogen (secondary N) is 2. The second-order valence-corrected chi connectivity index (χ2v) is 9.29. The van der Waals surface area contributed by atoms with Gasteiger partial charge in [-0.25, -0.2) is 8.78 Å². The quantitative estimate of drug-likeness (QED) is 0.544. The first kappa shape index (κ1) is 24.8. The Morgan fingerprint density at radius 3 is 2.26 bits per heavy atom. The largest absolute Gasteiger partial charge is 0.364 e. The topological polar surface area (TPSA) is 61.4 Å². The van der Waals surface area contributed by atoms with Crippen LogP contribution < -0.4 is 10.6 Å². The van der Waals surface area contributed by atoms with Crippen molar-refractivity contribution in [1.82, 2.24) is 10.2 Å². The first-order valence-corrected chi connectivity index (χ1v) is 11.5. The zero-order valence-corrected chi connectivity index (χ0v) is 19.5. The minimum absolute atomic E-state index is 0.0958. The zero-order valence-electron chi connectivity index (χ0n) is 19.5. The van der Waals surface area contributed by atoms with Gasteiger partial charge in [-0.15, -0.1) is 0 Å². The Morgan fingerprint density at radius 1 is 1.03 bits per heavy atom. The summed E-state index contributed by atoms with van der Waals surface area (Å²) >= 11 is 0. The summed E-state index contributed by atoms with van der Waals surface area (Å²) in [5.74, 6) is -6.24. The molecule has 4 rings (SSSR count). The Balaban J connectivity index is 1.55. The van der Waals surface area contributed by atoms with Crippen LogP contribution in [0.25, 0.3) is 0 Å². The van der Waals surface area contributed by atoms with Crippen molar-refractivity contribution in [3.63, 3.8) is 0 Å². The van der Waals surface area contributed by atoms with E-state index in [1.165, 1.54) is 32.0 Å². The number of hydrogen-bond acceptors (Lipinski definition) is 3. The average molecular weight is 490 g/mol. The third-order valence-electron chi connectivity index (χ3n) is 6.80. The molecule has 0 saturated carbocycles. The molecule has 2 fully saturated rings. The van der Waals surface area contributed by atoms with Gasteiger partial charge in [0.2, 0.25) is 5.91 Å². The van der Waals surface area contributed by atoms with Gasteiger partial charge >= 0.3 is 5.92 Å². The van der Waals surface area contributed by atoms with Crippen LogP contribution in [0, 0.1) is 18.6 Å². The van der Waals surface area contributed by atoms with Crippen LogP contribution in [0.5, 0.6) is 0 Å². The molecule has 2 aromatic carbocycles. The Hall–Kier alpha value is -3.36. The standard InChI is InChI=1S/C26H27F4N3O2/c1-14-10-18(5-9-23(14)27)32-25(35)17-4-8-24(28)22(11-17)26(29,30)15(2)33-20-6-7-21(33)13-19(12-20)31-16(3)34/h4-5,8-11,19-21H,2,6-7,12-13H2,1,3H3,(H,31,34)(H,32,35)/t19?,20-,21?/m1/s1. The third-order valence-corrected chi connectivity index (χ3v) is 6.80. The summed E-state index contributed by atoms with van der Waals surface area (Å²) in [6.45, 7) is 6.59. The highest BCUT2D eigenvalue weighted by atomic mass is 19.3. The lowest BCUT2D eigenvalue weighted by atomic mass is 9.94. The van der Waals surface area contributed by atoms with Gasteiger partial charge < -0.3 is 15.5 Å². The number of allylic oxidation sites excluding steroid dienone is 1. The number of carbonyl (C=O) groups excluding carboxylic acids is 2. The molecule has 9 heteroatoms. The highest BCUT2D eigenvalue weighted by Gasteiger charge is 2.49. The smallest absolute Gasteiger partial charge is 0.314 e. The number of amides is 2. The van der Waals surface area contributed by atoms with Crippen LogP contribution in [0.1, 0.15) is 54.1 Å². The summed E-state index contributed by atoms with van der Waals surface area (Å²) < 4.78 is 59.4. The second-order valence-electron chi connectivity index (χ2n) is 9.29. The predicted octanol–water partition coefficient (Wildman–Crippen LogP) is 5.26. The molecule has 2 aliphatic rings. The van der Waals surface area contributed by atoms with Crippen molar-refractivity contribution in [2.24, 2.45) is 0 Å². The summed E-state index contributed by atoms with van der Waals surface area (Å²) in [6.07, 6.45) is 2.37. The van der Waals surface area contributed by atoms with E-state index < -0.39 is 34.7 Å². The van der Waals surface area contributed by atoms with Crippen LogP contribution in [-0.2, 0) is 10.7 Å². The summed E-state index contributed by atoms with van der Waals surface area (Å²) in [5.41, 5.74) is -1.02. The molecule has 2 heterocycles. The third kappa shape index (κ3) is 4.90. The van der Waals surface area contributed by atoms with Crippen molar-refractivity contribution in [3.8, 4) is 0 Å². The van der Waals surface area contributed by atoms with Crippen molar-refractivity contribution >= 4 is 17.5 Å². The highest BCUT2D eigenvalue weighted by Crippen LogP contribution is 2.46. The van der Waals surface area contributed by atoms with E-state index in [2.05, 4.69) is 17.2 Å². The molecule has 2 amide bonds. The zero-order chi connectivity index (χ0) is 25.5. The van der Waals surface area contributed by atoms with Gasteiger partial charge in [0, 0.05) is 36.3 Å². The Labute approximate surface area is 201 Å². The fourth-order valence-corrected chi connectivity index (χ4v) is 5.17. The summed E-state index contributed by atoms with van der Waals surface area (Å²) in [6, 6.07) is 6.16. The van der Waals surface area contributed by atoms with E-state index in [-0.39, 0.29) is 35.3 Å². The lowest BCUT2D eigenvalue weighted by molar-refractivity contribution is -0.120. The summed E-state index contributed by atoms with van der Waals surface area (Å²) in [5, 5.41) is 5.38. The predicted molar refractivity (Wildman–Crippen MR) is 124 cm³/mol. The lowest BCUT2D eigenvalue weighted by Crippen LogP contribution is -2.51. The lowest BCUT2D eigenvalue weighted by Gasteiger charge is -2.43. The number of alkyl halides is 2. The first-order chi connectivity index (χ1) is 16.5. The van der Waals surface area contributed by atoms with Crippen molar-refractivity contribution < 1.29 is 27.2 Å². The molecule has 0 aliphatic carbocycles. The second kappa shape index (κ2) is 9.36. The molecule has 2 aliphatic heterocycles. The molecule has 186 valence electrons. The maximum Gasteiger partial charge on any atom is 0.314 e. The van der Waals surface area contributed by atoms with E-state index in [4.69, 9.17) is 0 Å². The van der Waals surface area contributed by atoms with Crippen molar-refractivity contribution in [3.05, 3.63) is 77.0 Å². The van der Waals surface area contributed by atoms with E-state index in [0.717, 1.165) is 18.2 Å². The molecular weight excluding hydrogens is 462 g/mol. The van der Waals surface area contributed by atoms with Gasteiger partial charge in [0.05, 0.1) is 11.3 Å². The SMILES string of the molecule is C=C(N1C2CC[C@@H]1CC(NC(C)=O)C2)C(F)(F)c1cc(C(=O)Nc2ccc(F)c(C)c2)ccc1F. The number of anilines is 1. The Kier molecular flexibility index (Phi) is 6.62. The average Bonchev–Trinajstić information content (AvgIpc) is 3.05. The molecule has 2 unspecified atom stereocenters. The van der Waals surface area contributed by atoms with Gasteiger partial charge in [0.1, 0.15) is 11.6 Å². The number of nitrogens with zero attached hydrogens (tertiary/aromatic N) is 1. The molecule has 2 aromatic rings. The van der Waals surface area contributed by atoms with Gasteiger partial charge in [-0.05, 0) is 74.6 Å². The van der Waals surface area contributed by atoms with Crippen LogP contribution in [0.2, 0.25) is 0 Å². The van der Waals surface area contributed by atoms with Crippen molar-refractivity contribution in [2.75, 3.05) is 5.32 Å². The summed E-state index contributed by atoms with van der Waals surface area (Å²) in [4.78, 5) is 25.7. The monoisotopic (exact) mass is 489 g/mol.